The highest BCUT2D eigenvalue weighted by Crippen LogP contribution is 2.52. The highest BCUT2D eigenvalue weighted by Gasteiger charge is 2.52. The van der Waals surface area contributed by atoms with Gasteiger partial charge in [0.1, 0.15) is 0 Å². The fourth-order valence-corrected chi connectivity index (χ4v) is 4.14. The molecule has 18 heavy (non-hydrogen) atoms. The topological polar surface area (TPSA) is 47.7 Å². The summed E-state index contributed by atoms with van der Waals surface area (Å²) in [5, 5.41) is 0. The van der Waals surface area contributed by atoms with Crippen molar-refractivity contribution in [2.24, 2.45) is 17.6 Å². The van der Waals surface area contributed by atoms with Gasteiger partial charge in [-0.15, -0.1) is 0 Å². The van der Waals surface area contributed by atoms with Gasteiger partial charge >= 0.3 is 0 Å². The maximum atomic E-state index is 6.18. The third-order valence-corrected chi connectivity index (χ3v) is 5.06. The molecule has 2 rings (SSSR count). The lowest BCUT2D eigenvalue weighted by molar-refractivity contribution is 0.00460. The van der Waals surface area contributed by atoms with Crippen LogP contribution in [-0.4, -0.2) is 57.5 Å². The molecule has 0 aromatic heterocycles. The number of fused-ring (bicyclic) bond motifs is 2. The minimum absolute atomic E-state index is 0.222. The molecule has 2 N–H and O–H groups in total. The van der Waals surface area contributed by atoms with E-state index in [0.29, 0.717) is 0 Å². The standard InChI is InChI=1S/C14H28N2O2/c1-17-7-5-16(6-8-18-2)14(11-15)10-12-3-4-13(14)9-12/h12-13H,3-11,15H2,1-2H3. The van der Waals surface area contributed by atoms with Crippen LogP contribution in [0.4, 0.5) is 0 Å². The van der Waals surface area contributed by atoms with Crippen LogP contribution in [0.1, 0.15) is 25.7 Å². The molecule has 3 atom stereocenters. The molecule has 4 heteroatoms. The molecular weight excluding hydrogens is 228 g/mol. The van der Waals surface area contributed by atoms with E-state index in [4.69, 9.17) is 15.2 Å². The van der Waals surface area contributed by atoms with Gasteiger partial charge in [-0.3, -0.25) is 4.90 Å². The summed E-state index contributed by atoms with van der Waals surface area (Å²) in [4.78, 5) is 2.55. The van der Waals surface area contributed by atoms with Crippen LogP contribution in [0.3, 0.4) is 0 Å². The quantitative estimate of drug-likeness (QED) is 0.706. The molecular formula is C14H28N2O2. The van der Waals surface area contributed by atoms with Gasteiger partial charge in [-0.2, -0.15) is 0 Å². The molecule has 0 heterocycles. The van der Waals surface area contributed by atoms with E-state index in [1.807, 2.05) is 0 Å². The van der Waals surface area contributed by atoms with Crippen molar-refractivity contribution in [3.63, 3.8) is 0 Å². The summed E-state index contributed by atoms with van der Waals surface area (Å²) >= 11 is 0. The Hall–Kier alpha value is -0.160. The van der Waals surface area contributed by atoms with Crippen molar-refractivity contribution in [3.8, 4) is 0 Å². The predicted octanol–water partition coefficient (Wildman–Crippen LogP) is 1.10. The van der Waals surface area contributed by atoms with Crippen LogP contribution in [0.5, 0.6) is 0 Å². The zero-order valence-corrected chi connectivity index (χ0v) is 11.9. The van der Waals surface area contributed by atoms with Crippen molar-refractivity contribution in [3.05, 3.63) is 0 Å². The van der Waals surface area contributed by atoms with Crippen LogP contribution in [0.25, 0.3) is 0 Å². The Labute approximate surface area is 111 Å². The first kappa shape index (κ1) is 14.3. The fourth-order valence-electron chi connectivity index (χ4n) is 4.14. The summed E-state index contributed by atoms with van der Waals surface area (Å²) in [6.07, 6.45) is 5.43. The van der Waals surface area contributed by atoms with Gasteiger partial charge < -0.3 is 15.2 Å². The second kappa shape index (κ2) is 6.33. The molecule has 106 valence electrons. The van der Waals surface area contributed by atoms with Crippen molar-refractivity contribution in [2.75, 3.05) is 47.1 Å². The molecule has 2 saturated carbocycles. The molecule has 2 aliphatic carbocycles. The minimum Gasteiger partial charge on any atom is -0.383 e. The predicted molar refractivity (Wildman–Crippen MR) is 72.6 cm³/mol. The monoisotopic (exact) mass is 256 g/mol. The van der Waals surface area contributed by atoms with Crippen LogP contribution < -0.4 is 5.73 Å². The van der Waals surface area contributed by atoms with Gasteiger partial charge in [-0.1, -0.05) is 6.42 Å². The van der Waals surface area contributed by atoms with Crippen molar-refractivity contribution >= 4 is 0 Å². The summed E-state index contributed by atoms with van der Waals surface area (Å²) in [5.41, 5.74) is 6.40. The lowest BCUT2D eigenvalue weighted by Crippen LogP contribution is -2.58. The summed E-state index contributed by atoms with van der Waals surface area (Å²) in [6, 6.07) is 0. The number of hydrogen-bond donors (Lipinski definition) is 1. The molecule has 2 fully saturated rings. The lowest BCUT2D eigenvalue weighted by Gasteiger charge is -2.46. The normalized spacial score (nSPS) is 34.7. The second-order valence-electron chi connectivity index (χ2n) is 5.86. The van der Waals surface area contributed by atoms with Crippen LogP contribution in [0, 0.1) is 11.8 Å². The maximum absolute atomic E-state index is 6.18. The van der Waals surface area contributed by atoms with Gasteiger partial charge in [-0.25, -0.2) is 0 Å². The average molecular weight is 256 g/mol. The van der Waals surface area contributed by atoms with E-state index in [9.17, 15) is 0 Å². The fraction of sp³-hybridized carbons (Fsp3) is 1.00. The number of nitrogens with zero attached hydrogens (tertiary/aromatic N) is 1. The Morgan fingerprint density at radius 1 is 1.17 bits per heavy atom. The van der Waals surface area contributed by atoms with E-state index < -0.39 is 0 Å². The summed E-state index contributed by atoms with van der Waals surface area (Å²) in [7, 11) is 3.54. The van der Waals surface area contributed by atoms with Crippen LogP contribution in [-0.2, 0) is 9.47 Å². The first-order chi connectivity index (χ1) is 8.76. The summed E-state index contributed by atoms with van der Waals surface area (Å²) in [5.74, 6) is 1.70. The Balaban J connectivity index is 2.05. The van der Waals surface area contributed by atoms with Crippen LogP contribution >= 0.6 is 0 Å². The molecule has 4 nitrogen and oxygen atoms in total. The number of nitrogens with two attached hydrogens (primary N) is 1. The van der Waals surface area contributed by atoms with Crippen molar-refractivity contribution < 1.29 is 9.47 Å². The number of methoxy groups -OCH3 is 2. The van der Waals surface area contributed by atoms with Gasteiger partial charge in [0.2, 0.25) is 0 Å². The number of ether oxygens (including phenoxy) is 2. The van der Waals surface area contributed by atoms with Gasteiger partial charge in [0, 0.05) is 39.4 Å². The largest absolute Gasteiger partial charge is 0.383 e. The van der Waals surface area contributed by atoms with E-state index in [0.717, 1.165) is 44.7 Å². The Morgan fingerprint density at radius 3 is 2.22 bits per heavy atom. The van der Waals surface area contributed by atoms with Crippen LogP contribution in [0.15, 0.2) is 0 Å². The Morgan fingerprint density at radius 2 is 1.83 bits per heavy atom. The lowest BCUT2D eigenvalue weighted by atomic mass is 9.79. The van der Waals surface area contributed by atoms with Crippen molar-refractivity contribution in [1.29, 1.82) is 0 Å². The second-order valence-corrected chi connectivity index (χ2v) is 5.86. The maximum Gasteiger partial charge on any atom is 0.0589 e. The van der Waals surface area contributed by atoms with Gasteiger partial charge in [0.25, 0.3) is 0 Å². The van der Waals surface area contributed by atoms with Gasteiger partial charge in [0.05, 0.1) is 13.2 Å². The van der Waals surface area contributed by atoms with E-state index in [-0.39, 0.29) is 5.54 Å². The Bertz CT molecular complexity index is 254. The minimum atomic E-state index is 0.222. The molecule has 0 spiro atoms. The average Bonchev–Trinajstić information content (AvgIpc) is 2.99. The van der Waals surface area contributed by atoms with E-state index in [1.54, 1.807) is 14.2 Å². The molecule has 3 unspecified atom stereocenters. The first-order valence-electron chi connectivity index (χ1n) is 7.20. The van der Waals surface area contributed by atoms with Gasteiger partial charge in [0.15, 0.2) is 0 Å². The molecule has 0 radical (unpaired) electrons. The van der Waals surface area contributed by atoms with Crippen molar-refractivity contribution in [1.82, 2.24) is 4.90 Å². The van der Waals surface area contributed by atoms with Crippen LogP contribution in [0.2, 0.25) is 0 Å². The van der Waals surface area contributed by atoms with Crippen molar-refractivity contribution in [2.45, 2.75) is 31.2 Å². The number of hydrogen-bond acceptors (Lipinski definition) is 4. The SMILES string of the molecule is COCCN(CCOC)C1(CN)CC2CCC1C2. The molecule has 2 aliphatic rings. The summed E-state index contributed by atoms with van der Waals surface area (Å²) < 4.78 is 10.5. The highest BCUT2D eigenvalue weighted by molar-refractivity contribution is 5.08. The zero-order chi connectivity index (χ0) is 13.0. The van der Waals surface area contributed by atoms with Gasteiger partial charge in [-0.05, 0) is 31.1 Å². The molecule has 0 saturated heterocycles. The first-order valence-corrected chi connectivity index (χ1v) is 7.20. The van der Waals surface area contributed by atoms with E-state index in [1.165, 1.54) is 25.7 Å². The molecule has 0 aliphatic heterocycles. The third-order valence-electron chi connectivity index (χ3n) is 5.06. The molecule has 0 aromatic carbocycles. The third kappa shape index (κ3) is 2.57. The smallest absolute Gasteiger partial charge is 0.0589 e. The van der Waals surface area contributed by atoms with E-state index in [2.05, 4.69) is 4.90 Å². The molecule has 0 aromatic rings. The summed E-state index contributed by atoms with van der Waals surface area (Å²) in [6.45, 7) is 4.29. The number of rotatable bonds is 8. The van der Waals surface area contributed by atoms with E-state index >= 15 is 0 Å². The zero-order valence-electron chi connectivity index (χ0n) is 11.9. The molecule has 2 bridgehead atoms. The molecule has 0 amide bonds. The Kier molecular flexibility index (Phi) is 5.01. The highest BCUT2D eigenvalue weighted by atomic mass is 16.5.